The second-order valence-electron chi connectivity index (χ2n) is 2.64. The number of sulfonamides is 1. The molecule has 0 radical (unpaired) electrons. The lowest BCUT2D eigenvalue weighted by Gasteiger charge is -2.04. The molecule has 84 valence electrons. The molecule has 1 aromatic heterocycles. The number of nitrogens with two attached hydrogens (primary N) is 1. The number of imidazole rings is 1. The maximum atomic E-state index is 11.5. The van der Waals surface area contributed by atoms with E-state index in [1.807, 2.05) is 11.8 Å². The quantitative estimate of drug-likeness (QED) is 0.464. The van der Waals surface area contributed by atoms with Gasteiger partial charge in [0.1, 0.15) is 0 Å². The van der Waals surface area contributed by atoms with Crippen LogP contribution in [0, 0.1) is 0 Å². The summed E-state index contributed by atoms with van der Waals surface area (Å²) in [4.78, 5) is 5.72. The van der Waals surface area contributed by atoms with Gasteiger partial charge in [-0.2, -0.15) is 0 Å². The van der Waals surface area contributed by atoms with E-state index in [4.69, 9.17) is 5.73 Å². The molecule has 0 aliphatic rings. The highest BCUT2D eigenvalue weighted by Crippen LogP contribution is 2.03. The Balaban J connectivity index is 2.81. The minimum atomic E-state index is -3.71. The lowest BCUT2D eigenvalue weighted by Crippen LogP contribution is -2.44. The molecule has 1 rings (SSSR count). The third kappa shape index (κ3) is 3.15. The highest BCUT2D eigenvalue weighted by molar-refractivity contribution is 7.89. The largest absolute Gasteiger partial charge is 0.375 e. The van der Waals surface area contributed by atoms with E-state index in [1.165, 1.54) is 12.5 Å². The topological polar surface area (TPSA) is 102 Å². The number of aromatic nitrogens is 2. The molecule has 4 N–H and O–H groups in total. The summed E-state index contributed by atoms with van der Waals surface area (Å²) in [5.74, 6) is 0. The second kappa shape index (κ2) is 4.55. The van der Waals surface area contributed by atoms with Crippen molar-refractivity contribution in [1.29, 1.82) is 0 Å². The van der Waals surface area contributed by atoms with Gasteiger partial charge in [-0.05, 0) is 19.1 Å². The molecule has 0 aromatic carbocycles. The van der Waals surface area contributed by atoms with Crippen molar-refractivity contribution >= 4 is 27.4 Å². The Kier molecular flexibility index (Phi) is 3.61. The number of rotatable bonds is 4. The Labute approximate surface area is 92.7 Å². The lowest BCUT2D eigenvalue weighted by molar-refractivity contribution is 0.574. The predicted molar refractivity (Wildman–Crippen MR) is 58.1 cm³/mol. The van der Waals surface area contributed by atoms with Crippen LogP contribution in [0.5, 0.6) is 0 Å². The molecule has 0 saturated carbocycles. The van der Waals surface area contributed by atoms with Gasteiger partial charge in [-0.3, -0.25) is 5.43 Å². The molecule has 1 aromatic rings. The maximum Gasteiger partial charge on any atom is 0.276 e. The van der Waals surface area contributed by atoms with Crippen molar-refractivity contribution < 1.29 is 8.42 Å². The van der Waals surface area contributed by atoms with Crippen LogP contribution in [0.15, 0.2) is 17.6 Å². The summed E-state index contributed by atoms with van der Waals surface area (Å²) < 4.78 is 24.6. The van der Waals surface area contributed by atoms with Crippen molar-refractivity contribution in [1.82, 2.24) is 19.8 Å². The Morgan fingerprint density at radius 1 is 1.73 bits per heavy atom. The van der Waals surface area contributed by atoms with Gasteiger partial charge in [-0.1, -0.05) is 0 Å². The van der Waals surface area contributed by atoms with Crippen LogP contribution < -0.4 is 16.0 Å². The Morgan fingerprint density at radius 2 is 2.40 bits per heavy atom. The van der Waals surface area contributed by atoms with Gasteiger partial charge in [0, 0.05) is 12.7 Å². The molecule has 9 heteroatoms. The smallest absolute Gasteiger partial charge is 0.276 e. The van der Waals surface area contributed by atoms with Gasteiger partial charge in [0.2, 0.25) is 0 Å². The van der Waals surface area contributed by atoms with E-state index in [0.717, 1.165) is 0 Å². The van der Waals surface area contributed by atoms with Crippen molar-refractivity contribution in [2.45, 2.75) is 18.5 Å². The van der Waals surface area contributed by atoms with E-state index in [2.05, 4.69) is 22.6 Å². The fraction of sp³-hybridized carbons (Fsp3) is 0.333. The van der Waals surface area contributed by atoms with E-state index >= 15 is 0 Å². The average molecular weight is 249 g/mol. The fourth-order valence-corrected chi connectivity index (χ4v) is 1.75. The molecule has 0 amide bonds. The van der Waals surface area contributed by atoms with Crippen LogP contribution >= 0.6 is 12.2 Å². The summed E-state index contributed by atoms with van der Waals surface area (Å²) in [5, 5.41) is -0.249. The minimum Gasteiger partial charge on any atom is -0.375 e. The molecule has 0 saturated heterocycles. The molecule has 15 heavy (non-hydrogen) atoms. The molecule has 7 nitrogen and oxygen atoms in total. The fourth-order valence-electron chi connectivity index (χ4n) is 0.821. The summed E-state index contributed by atoms with van der Waals surface area (Å²) in [7, 11) is -3.71. The first-order valence-electron chi connectivity index (χ1n) is 4.04. The molecule has 0 unspecified atom stereocenters. The zero-order chi connectivity index (χ0) is 11.5. The molecular formula is C6H11N5O2S2. The van der Waals surface area contributed by atoms with E-state index < -0.39 is 10.0 Å². The van der Waals surface area contributed by atoms with Gasteiger partial charge >= 0.3 is 0 Å². The Bertz CT molecular complexity index is 452. The van der Waals surface area contributed by atoms with Gasteiger partial charge in [0.25, 0.3) is 10.0 Å². The standard InChI is InChI=1S/C6H11N5O2S2/c1-2-11-3-5(8-4-11)15(12,13)10-9-6(7)14/h3-4,10H,2H2,1H3,(H3,7,9,14). The monoisotopic (exact) mass is 249 g/mol. The molecular weight excluding hydrogens is 238 g/mol. The molecule has 0 atom stereocenters. The predicted octanol–water partition coefficient (Wildman–Crippen LogP) is -1.07. The van der Waals surface area contributed by atoms with Gasteiger partial charge in [-0.25, -0.2) is 13.4 Å². The number of hydrogen-bond donors (Lipinski definition) is 3. The Morgan fingerprint density at radius 3 is 2.87 bits per heavy atom. The zero-order valence-corrected chi connectivity index (χ0v) is 9.60. The van der Waals surface area contributed by atoms with Gasteiger partial charge < -0.3 is 10.3 Å². The van der Waals surface area contributed by atoms with E-state index in [9.17, 15) is 8.42 Å². The normalized spacial score (nSPS) is 11.3. The van der Waals surface area contributed by atoms with E-state index in [0.29, 0.717) is 6.54 Å². The summed E-state index contributed by atoms with van der Waals surface area (Å²) in [6, 6.07) is 0. The number of thiocarbonyl (C=S) groups is 1. The highest BCUT2D eigenvalue weighted by atomic mass is 32.2. The van der Waals surface area contributed by atoms with E-state index in [-0.39, 0.29) is 10.1 Å². The number of hydrazine groups is 1. The molecule has 0 fully saturated rings. The molecule has 0 aliphatic heterocycles. The van der Waals surface area contributed by atoms with Crippen LogP contribution in [0.4, 0.5) is 0 Å². The van der Waals surface area contributed by atoms with Crippen LogP contribution in [0.25, 0.3) is 0 Å². The molecule has 0 aliphatic carbocycles. The van der Waals surface area contributed by atoms with Gasteiger partial charge in [0.15, 0.2) is 10.1 Å². The number of hydrogen-bond acceptors (Lipinski definition) is 4. The number of aryl methyl sites for hydroxylation is 1. The van der Waals surface area contributed by atoms with Crippen LogP contribution in [0.2, 0.25) is 0 Å². The maximum absolute atomic E-state index is 11.5. The van der Waals surface area contributed by atoms with Crippen LogP contribution in [0.1, 0.15) is 6.92 Å². The SMILES string of the molecule is CCn1cnc(S(=O)(=O)NNC(N)=S)c1. The third-order valence-electron chi connectivity index (χ3n) is 1.56. The second-order valence-corrected chi connectivity index (χ2v) is 4.71. The molecule has 1 heterocycles. The van der Waals surface area contributed by atoms with Crippen molar-refractivity contribution in [3.8, 4) is 0 Å². The highest BCUT2D eigenvalue weighted by Gasteiger charge is 2.16. The van der Waals surface area contributed by atoms with Crippen molar-refractivity contribution in [2.24, 2.45) is 5.73 Å². The summed E-state index contributed by atoms with van der Waals surface area (Å²) in [5.41, 5.74) is 7.21. The summed E-state index contributed by atoms with van der Waals surface area (Å²) in [6.07, 6.45) is 2.83. The van der Waals surface area contributed by atoms with Crippen molar-refractivity contribution in [2.75, 3.05) is 0 Å². The van der Waals surface area contributed by atoms with Gasteiger partial charge in [0.05, 0.1) is 6.33 Å². The summed E-state index contributed by atoms with van der Waals surface area (Å²) in [6.45, 7) is 2.52. The first-order valence-corrected chi connectivity index (χ1v) is 5.94. The first kappa shape index (κ1) is 11.9. The van der Waals surface area contributed by atoms with Gasteiger partial charge in [-0.15, -0.1) is 4.83 Å². The minimum absolute atomic E-state index is 0.0897. The third-order valence-corrected chi connectivity index (χ3v) is 2.79. The number of nitrogens with one attached hydrogen (secondary N) is 2. The van der Waals surface area contributed by atoms with E-state index in [1.54, 1.807) is 4.57 Å². The van der Waals surface area contributed by atoms with Crippen molar-refractivity contribution in [3.63, 3.8) is 0 Å². The average Bonchev–Trinajstić information content (AvgIpc) is 2.63. The molecule has 0 bridgehead atoms. The summed E-state index contributed by atoms with van der Waals surface area (Å²) >= 11 is 4.46. The number of nitrogens with zero attached hydrogens (tertiary/aromatic N) is 2. The lowest BCUT2D eigenvalue weighted by atomic mass is 10.7. The Hall–Kier alpha value is -1.19. The van der Waals surface area contributed by atoms with Crippen LogP contribution in [-0.4, -0.2) is 23.1 Å². The van der Waals surface area contributed by atoms with Crippen LogP contribution in [0.3, 0.4) is 0 Å². The molecule has 0 spiro atoms. The zero-order valence-electron chi connectivity index (χ0n) is 7.97. The van der Waals surface area contributed by atoms with Crippen LogP contribution in [-0.2, 0) is 16.6 Å². The van der Waals surface area contributed by atoms with Crippen molar-refractivity contribution in [3.05, 3.63) is 12.5 Å². The first-order chi connectivity index (χ1) is 6.95.